The summed E-state index contributed by atoms with van der Waals surface area (Å²) in [7, 11) is 4.35. The first-order valence-electron chi connectivity index (χ1n) is 5.73. The Labute approximate surface area is 90.0 Å². The lowest BCUT2D eigenvalue weighted by Crippen LogP contribution is -1.97. The van der Waals surface area contributed by atoms with Crippen molar-refractivity contribution in [3.63, 3.8) is 0 Å². The Morgan fingerprint density at radius 1 is 0.846 bits per heavy atom. The van der Waals surface area contributed by atoms with E-state index in [9.17, 15) is 0 Å². The molecule has 0 radical (unpaired) electrons. The van der Waals surface area contributed by atoms with Crippen molar-refractivity contribution in [1.82, 2.24) is 0 Å². The topological polar surface area (TPSA) is 0 Å². The Balaban J connectivity index is 1.52. The van der Waals surface area contributed by atoms with E-state index in [1.54, 1.807) is 0 Å². The Hall–Kier alpha value is 0.700. The Bertz CT molecular complexity index is 119. The molecular weight excluding hydrogens is 196 g/mol. The zero-order valence-electron chi connectivity index (χ0n) is 8.34. The van der Waals surface area contributed by atoms with Crippen molar-refractivity contribution < 1.29 is 0 Å². The minimum atomic E-state index is 1.01. The van der Waals surface area contributed by atoms with Crippen molar-refractivity contribution in [2.75, 3.05) is 5.75 Å². The van der Waals surface area contributed by atoms with Gasteiger partial charge in [0.05, 0.1) is 0 Å². The Morgan fingerprint density at radius 3 is 2.15 bits per heavy atom. The maximum absolute atomic E-state index is 2.19. The first kappa shape index (κ1) is 10.2. The Kier molecular flexibility index (Phi) is 4.36. The van der Waals surface area contributed by atoms with Gasteiger partial charge in [0.15, 0.2) is 0 Å². The second-order valence-corrected chi connectivity index (χ2v) is 7.15. The molecule has 2 saturated carbocycles. The summed E-state index contributed by atoms with van der Waals surface area (Å²) in [6.45, 7) is 0. The van der Waals surface area contributed by atoms with Crippen molar-refractivity contribution in [2.45, 2.75) is 56.6 Å². The third kappa shape index (κ3) is 3.39. The van der Waals surface area contributed by atoms with Crippen LogP contribution in [-0.4, -0.2) is 11.0 Å². The van der Waals surface area contributed by atoms with Crippen molar-refractivity contribution >= 4 is 21.6 Å². The van der Waals surface area contributed by atoms with Gasteiger partial charge in [0.25, 0.3) is 0 Å². The van der Waals surface area contributed by atoms with E-state index in [0.29, 0.717) is 0 Å². The van der Waals surface area contributed by atoms with Gasteiger partial charge in [0.1, 0.15) is 0 Å². The third-order valence-electron chi connectivity index (χ3n) is 3.28. The Morgan fingerprint density at radius 2 is 1.46 bits per heavy atom. The van der Waals surface area contributed by atoms with Crippen LogP contribution in [0.25, 0.3) is 0 Å². The number of hydrogen-bond acceptors (Lipinski definition) is 2. The minimum Gasteiger partial charge on any atom is -0.0936 e. The molecule has 0 aromatic carbocycles. The van der Waals surface area contributed by atoms with Gasteiger partial charge in [-0.05, 0) is 31.6 Å². The van der Waals surface area contributed by atoms with Crippen LogP contribution in [0.3, 0.4) is 0 Å². The highest BCUT2D eigenvalue weighted by Gasteiger charge is 2.18. The summed E-state index contributed by atoms with van der Waals surface area (Å²) in [5, 5.41) is 1.01. The SMILES string of the molecule is C1CCC(CSSC2CCCC2)C1. The van der Waals surface area contributed by atoms with Crippen molar-refractivity contribution in [1.29, 1.82) is 0 Å². The first-order valence-corrected chi connectivity index (χ1v) is 8.11. The van der Waals surface area contributed by atoms with Crippen molar-refractivity contribution in [3.05, 3.63) is 0 Å². The van der Waals surface area contributed by atoms with Crippen LogP contribution in [0.2, 0.25) is 0 Å². The normalized spacial score (nSPS) is 25.8. The quantitative estimate of drug-likeness (QED) is 0.635. The molecule has 0 nitrogen and oxygen atoms in total. The predicted octanol–water partition coefficient (Wildman–Crippen LogP) is 4.50. The van der Waals surface area contributed by atoms with Crippen LogP contribution in [0, 0.1) is 5.92 Å². The molecule has 0 amide bonds. The average molecular weight is 216 g/mol. The molecule has 2 heteroatoms. The number of rotatable bonds is 4. The average Bonchev–Trinajstić information content (AvgIpc) is 2.75. The lowest BCUT2D eigenvalue weighted by Gasteiger charge is -2.10. The molecule has 0 N–H and O–H groups in total. The minimum absolute atomic E-state index is 1.01. The van der Waals surface area contributed by atoms with E-state index in [0.717, 1.165) is 11.2 Å². The highest BCUT2D eigenvalue weighted by Crippen LogP contribution is 2.39. The molecule has 2 fully saturated rings. The van der Waals surface area contributed by atoms with Crippen LogP contribution in [0.15, 0.2) is 0 Å². The smallest absolute Gasteiger partial charge is 0.0151 e. The molecule has 13 heavy (non-hydrogen) atoms. The van der Waals surface area contributed by atoms with Gasteiger partial charge in [0.2, 0.25) is 0 Å². The standard InChI is InChI=1S/C11H20S2/c1-2-6-10(5-1)9-12-13-11-7-3-4-8-11/h10-11H,1-9H2. The van der Waals surface area contributed by atoms with Crippen LogP contribution < -0.4 is 0 Å². The fraction of sp³-hybridized carbons (Fsp3) is 1.00. The van der Waals surface area contributed by atoms with Crippen molar-refractivity contribution in [3.8, 4) is 0 Å². The molecular formula is C11H20S2. The molecule has 76 valence electrons. The molecule has 0 aromatic rings. The highest BCUT2D eigenvalue weighted by molar-refractivity contribution is 8.76. The predicted molar refractivity (Wildman–Crippen MR) is 64.3 cm³/mol. The van der Waals surface area contributed by atoms with Crippen LogP contribution in [0.1, 0.15) is 51.4 Å². The summed E-state index contributed by atoms with van der Waals surface area (Å²) in [5.41, 5.74) is 0. The zero-order chi connectivity index (χ0) is 8.93. The molecule has 2 aliphatic rings. The molecule has 0 bridgehead atoms. The fourth-order valence-electron chi connectivity index (χ4n) is 2.39. The first-order chi connectivity index (χ1) is 6.45. The summed E-state index contributed by atoms with van der Waals surface area (Å²) in [5.74, 6) is 2.50. The van der Waals surface area contributed by atoms with E-state index < -0.39 is 0 Å². The monoisotopic (exact) mass is 216 g/mol. The van der Waals surface area contributed by atoms with Gasteiger partial charge in [-0.1, -0.05) is 47.3 Å². The maximum Gasteiger partial charge on any atom is 0.0151 e. The number of hydrogen-bond donors (Lipinski definition) is 0. The van der Waals surface area contributed by atoms with Crippen LogP contribution in [-0.2, 0) is 0 Å². The van der Waals surface area contributed by atoms with Crippen LogP contribution >= 0.6 is 21.6 Å². The highest BCUT2D eigenvalue weighted by atomic mass is 33.1. The van der Waals surface area contributed by atoms with E-state index in [1.807, 2.05) is 0 Å². The summed E-state index contributed by atoms with van der Waals surface area (Å²) >= 11 is 0. The third-order valence-corrected chi connectivity index (χ3v) is 6.40. The zero-order valence-corrected chi connectivity index (χ0v) is 9.97. The van der Waals surface area contributed by atoms with Gasteiger partial charge in [-0.3, -0.25) is 0 Å². The molecule has 2 rings (SSSR count). The van der Waals surface area contributed by atoms with Crippen LogP contribution in [0.4, 0.5) is 0 Å². The summed E-state index contributed by atoms with van der Waals surface area (Å²) in [6, 6.07) is 0. The van der Waals surface area contributed by atoms with Crippen LogP contribution in [0.5, 0.6) is 0 Å². The largest absolute Gasteiger partial charge is 0.0936 e. The lowest BCUT2D eigenvalue weighted by molar-refractivity contribution is 0.624. The van der Waals surface area contributed by atoms with E-state index in [4.69, 9.17) is 0 Å². The van der Waals surface area contributed by atoms with E-state index in [1.165, 1.54) is 57.1 Å². The van der Waals surface area contributed by atoms with Gasteiger partial charge >= 0.3 is 0 Å². The van der Waals surface area contributed by atoms with Gasteiger partial charge in [-0.15, -0.1) is 0 Å². The molecule has 0 atom stereocenters. The second-order valence-electron chi connectivity index (χ2n) is 4.44. The summed E-state index contributed by atoms with van der Waals surface area (Å²) in [6.07, 6.45) is 12.0. The summed E-state index contributed by atoms with van der Waals surface area (Å²) in [4.78, 5) is 0. The molecule has 0 aromatic heterocycles. The molecule has 0 spiro atoms. The maximum atomic E-state index is 2.19. The molecule has 0 unspecified atom stereocenters. The van der Waals surface area contributed by atoms with Gasteiger partial charge < -0.3 is 0 Å². The summed E-state index contributed by atoms with van der Waals surface area (Å²) < 4.78 is 0. The van der Waals surface area contributed by atoms with Gasteiger partial charge in [-0.2, -0.15) is 0 Å². The van der Waals surface area contributed by atoms with E-state index in [-0.39, 0.29) is 0 Å². The van der Waals surface area contributed by atoms with E-state index >= 15 is 0 Å². The van der Waals surface area contributed by atoms with Crippen molar-refractivity contribution in [2.24, 2.45) is 5.92 Å². The molecule has 2 aliphatic carbocycles. The second kappa shape index (κ2) is 5.55. The molecule has 0 aliphatic heterocycles. The van der Waals surface area contributed by atoms with E-state index in [2.05, 4.69) is 21.6 Å². The lowest BCUT2D eigenvalue weighted by atomic mass is 10.1. The molecule has 0 saturated heterocycles. The van der Waals surface area contributed by atoms with Gasteiger partial charge in [-0.25, -0.2) is 0 Å². The van der Waals surface area contributed by atoms with Gasteiger partial charge in [0, 0.05) is 11.0 Å². The fourth-order valence-corrected chi connectivity index (χ4v) is 5.68. The molecule has 0 heterocycles.